The third-order valence-corrected chi connectivity index (χ3v) is 5.19. The number of fused-ring (bicyclic) bond motifs is 1. The first-order valence-electron chi connectivity index (χ1n) is 7.69. The van der Waals surface area contributed by atoms with Crippen molar-refractivity contribution in [3.63, 3.8) is 0 Å². The molecule has 2 heterocycles. The Balaban J connectivity index is 1.97. The largest absolute Gasteiger partial charge is 0.383 e. The summed E-state index contributed by atoms with van der Waals surface area (Å²) in [5, 5.41) is 0.559. The number of likely N-dealkylation sites (tertiary alicyclic amines) is 1. The first-order chi connectivity index (χ1) is 12.0. The van der Waals surface area contributed by atoms with Crippen molar-refractivity contribution >= 4 is 50.9 Å². The van der Waals surface area contributed by atoms with E-state index in [4.69, 9.17) is 16.3 Å². The number of carbonyl (C=O) groups is 3. The van der Waals surface area contributed by atoms with Crippen LogP contribution in [0.15, 0.2) is 23.2 Å². The van der Waals surface area contributed by atoms with Crippen LogP contribution in [0.25, 0.3) is 10.2 Å². The van der Waals surface area contributed by atoms with Crippen molar-refractivity contribution in [2.45, 2.75) is 19.4 Å². The fourth-order valence-corrected chi connectivity index (χ4v) is 4.07. The number of methoxy groups -OCH3 is 1. The summed E-state index contributed by atoms with van der Waals surface area (Å²) in [6, 6.07) is 5.49. The van der Waals surface area contributed by atoms with Crippen molar-refractivity contribution in [2.24, 2.45) is 4.99 Å². The van der Waals surface area contributed by atoms with Crippen molar-refractivity contribution in [3.05, 3.63) is 28.0 Å². The summed E-state index contributed by atoms with van der Waals surface area (Å²) >= 11 is 7.61. The first kappa shape index (κ1) is 17.8. The van der Waals surface area contributed by atoms with Gasteiger partial charge in [0.15, 0.2) is 4.80 Å². The lowest BCUT2D eigenvalue weighted by Crippen LogP contribution is -2.34. The minimum atomic E-state index is -0.544. The number of amides is 3. The van der Waals surface area contributed by atoms with E-state index in [-0.39, 0.29) is 31.2 Å². The highest BCUT2D eigenvalue weighted by Gasteiger charge is 2.30. The van der Waals surface area contributed by atoms with Gasteiger partial charge in [-0.2, -0.15) is 4.99 Å². The monoisotopic (exact) mass is 381 g/mol. The van der Waals surface area contributed by atoms with Crippen molar-refractivity contribution in [1.82, 2.24) is 9.47 Å². The van der Waals surface area contributed by atoms with Gasteiger partial charge < -0.3 is 9.30 Å². The number of para-hydroxylation sites is 1. The number of rotatable bonds is 5. The smallest absolute Gasteiger partial charge is 0.268 e. The summed E-state index contributed by atoms with van der Waals surface area (Å²) in [6.45, 7) is 0.583. The van der Waals surface area contributed by atoms with Gasteiger partial charge in [-0.05, 0) is 12.1 Å². The van der Waals surface area contributed by atoms with Crippen LogP contribution in [-0.4, -0.2) is 47.4 Å². The topological polar surface area (TPSA) is 81.0 Å². The summed E-state index contributed by atoms with van der Waals surface area (Å²) in [4.78, 5) is 41.1. The number of carbonyl (C=O) groups excluding carboxylic acids is 3. The SMILES string of the molecule is COCCn1c(=NC(=O)CN2C(=O)CCC2=O)sc2cccc(Cl)c21. The molecule has 3 rings (SSSR count). The highest BCUT2D eigenvalue weighted by molar-refractivity contribution is 7.16. The second kappa shape index (κ2) is 7.47. The van der Waals surface area contributed by atoms with E-state index < -0.39 is 5.91 Å². The van der Waals surface area contributed by atoms with Crippen LogP contribution in [0, 0.1) is 0 Å². The Morgan fingerprint density at radius 1 is 1.32 bits per heavy atom. The number of thiazole rings is 1. The predicted octanol–water partition coefficient (Wildman–Crippen LogP) is 1.58. The lowest BCUT2D eigenvalue weighted by atomic mass is 10.3. The molecule has 1 aliphatic heterocycles. The van der Waals surface area contributed by atoms with Crippen molar-refractivity contribution in [1.29, 1.82) is 0 Å². The van der Waals surface area contributed by atoms with Crippen LogP contribution in [-0.2, 0) is 25.7 Å². The second-order valence-electron chi connectivity index (χ2n) is 5.49. The minimum absolute atomic E-state index is 0.151. The molecule has 132 valence electrons. The molecule has 7 nitrogen and oxygen atoms in total. The molecule has 0 unspecified atom stereocenters. The Morgan fingerprint density at radius 2 is 2.04 bits per heavy atom. The maximum absolute atomic E-state index is 12.3. The van der Waals surface area contributed by atoms with Crippen LogP contribution < -0.4 is 4.80 Å². The maximum Gasteiger partial charge on any atom is 0.268 e. The Morgan fingerprint density at radius 3 is 2.72 bits per heavy atom. The Hall–Kier alpha value is -2.03. The molecule has 1 saturated heterocycles. The van der Waals surface area contributed by atoms with Crippen molar-refractivity contribution in [3.8, 4) is 0 Å². The van der Waals surface area contributed by atoms with Crippen LogP contribution in [0.1, 0.15) is 12.8 Å². The lowest BCUT2D eigenvalue weighted by Gasteiger charge is -2.10. The van der Waals surface area contributed by atoms with E-state index in [1.165, 1.54) is 11.3 Å². The Kier molecular flexibility index (Phi) is 5.31. The quantitative estimate of drug-likeness (QED) is 0.736. The summed E-state index contributed by atoms with van der Waals surface area (Å²) < 4.78 is 7.83. The normalized spacial score (nSPS) is 15.6. The molecule has 0 spiro atoms. The van der Waals surface area contributed by atoms with E-state index >= 15 is 0 Å². The maximum atomic E-state index is 12.3. The number of aromatic nitrogens is 1. The number of ether oxygens (including phenoxy) is 1. The molecule has 0 bridgehead atoms. The molecule has 0 N–H and O–H groups in total. The van der Waals surface area contributed by atoms with Crippen molar-refractivity contribution < 1.29 is 19.1 Å². The van der Waals surface area contributed by atoms with E-state index in [1.807, 2.05) is 16.7 Å². The molecule has 9 heteroatoms. The number of halogens is 1. The van der Waals surface area contributed by atoms with Crippen LogP contribution >= 0.6 is 22.9 Å². The van der Waals surface area contributed by atoms with E-state index in [0.29, 0.717) is 23.0 Å². The molecule has 2 aromatic rings. The molecule has 0 atom stereocenters. The molecule has 1 fully saturated rings. The molecule has 1 aromatic carbocycles. The van der Waals surface area contributed by atoms with E-state index in [0.717, 1.165) is 15.1 Å². The highest BCUT2D eigenvalue weighted by atomic mass is 35.5. The zero-order chi connectivity index (χ0) is 18.0. The number of benzene rings is 1. The standard InChI is InChI=1S/C16H16ClN3O4S/c1-24-8-7-19-15-10(17)3-2-4-11(15)25-16(19)18-12(21)9-20-13(22)5-6-14(20)23/h2-4H,5-9H2,1H3. The fourth-order valence-electron chi connectivity index (χ4n) is 2.64. The summed E-state index contributed by atoms with van der Waals surface area (Å²) in [6.07, 6.45) is 0.302. The molecule has 0 saturated carbocycles. The average Bonchev–Trinajstić information content (AvgIpc) is 3.08. The van der Waals surface area contributed by atoms with E-state index in [1.54, 1.807) is 13.2 Å². The van der Waals surface area contributed by atoms with Gasteiger partial charge in [0.1, 0.15) is 6.54 Å². The van der Waals surface area contributed by atoms with Gasteiger partial charge in [-0.1, -0.05) is 29.0 Å². The number of nitrogens with zero attached hydrogens (tertiary/aromatic N) is 3. The molecule has 0 radical (unpaired) electrons. The number of hydrogen-bond acceptors (Lipinski definition) is 5. The third kappa shape index (κ3) is 3.65. The molecule has 1 aliphatic rings. The van der Waals surface area contributed by atoms with Gasteiger partial charge in [-0.15, -0.1) is 0 Å². The molecule has 0 aliphatic carbocycles. The summed E-state index contributed by atoms with van der Waals surface area (Å²) in [7, 11) is 1.59. The predicted molar refractivity (Wildman–Crippen MR) is 93.2 cm³/mol. The Bertz CT molecular complexity index is 902. The molecular formula is C16H16ClN3O4S. The zero-order valence-corrected chi connectivity index (χ0v) is 15.1. The van der Waals surface area contributed by atoms with E-state index in [2.05, 4.69) is 4.99 Å². The van der Waals surface area contributed by atoms with Gasteiger partial charge in [0.25, 0.3) is 5.91 Å². The van der Waals surface area contributed by atoms with Crippen LogP contribution in [0.4, 0.5) is 0 Å². The third-order valence-electron chi connectivity index (χ3n) is 3.84. The van der Waals surface area contributed by atoms with Gasteiger partial charge in [0.05, 0.1) is 21.8 Å². The zero-order valence-electron chi connectivity index (χ0n) is 13.5. The lowest BCUT2D eigenvalue weighted by molar-refractivity contribution is -0.141. The summed E-state index contributed by atoms with van der Waals surface area (Å²) in [5.41, 5.74) is 0.783. The van der Waals surface area contributed by atoms with Crippen LogP contribution in [0.3, 0.4) is 0 Å². The highest BCUT2D eigenvalue weighted by Crippen LogP contribution is 2.25. The molecular weight excluding hydrogens is 366 g/mol. The van der Waals surface area contributed by atoms with Crippen molar-refractivity contribution in [2.75, 3.05) is 20.3 Å². The number of imide groups is 1. The van der Waals surface area contributed by atoms with Gasteiger partial charge in [-0.25, -0.2) is 0 Å². The van der Waals surface area contributed by atoms with E-state index in [9.17, 15) is 14.4 Å². The van der Waals surface area contributed by atoms with Crippen LogP contribution in [0.2, 0.25) is 5.02 Å². The molecule has 3 amide bonds. The average molecular weight is 382 g/mol. The Labute approximate surface area is 152 Å². The minimum Gasteiger partial charge on any atom is -0.383 e. The van der Waals surface area contributed by atoms with Gasteiger partial charge in [0, 0.05) is 26.5 Å². The van der Waals surface area contributed by atoms with Gasteiger partial charge >= 0.3 is 0 Å². The fraction of sp³-hybridized carbons (Fsp3) is 0.375. The second-order valence-corrected chi connectivity index (χ2v) is 6.91. The molecule has 1 aromatic heterocycles. The first-order valence-corrected chi connectivity index (χ1v) is 8.88. The number of hydrogen-bond donors (Lipinski definition) is 0. The van der Waals surface area contributed by atoms with Crippen LogP contribution in [0.5, 0.6) is 0 Å². The summed E-state index contributed by atoms with van der Waals surface area (Å²) in [5.74, 6) is -1.21. The van der Waals surface area contributed by atoms with Gasteiger partial charge in [0.2, 0.25) is 11.8 Å². The van der Waals surface area contributed by atoms with Gasteiger partial charge in [-0.3, -0.25) is 19.3 Å². The molecule has 25 heavy (non-hydrogen) atoms.